The van der Waals surface area contributed by atoms with Crippen LogP contribution >= 0.6 is 11.3 Å². The number of nitrogens with two attached hydrogens (primary N) is 1. The summed E-state index contributed by atoms with van der Waals surface area (Å²) in [5.41, 5.74) is 5.94. The van der Waals surface area contributed by atoms with Crippen molar-refractivity contribution in [2.75, 3.05) is 0 Å². The molecule has 1 aliphatic carbocycles. The molecule has 0 bridgehead atoms. The molecule has 0 radical (unpaired) electrons. The number of rotatable bonds is 2. The van der Waals surface area contributed by atoms with E-state index in [1.54, 1.807) is 12.1 Å². The topological polar surface area (TPSA) is 55.1 Å². The van der Waals surface area contributed by atoms with Crippen molar-refractivity contribution in [2.24, 2.45) is 5.73 Å². The lowest BCUT2D eigenvalue weighted by Crippen LogP contribution is -2.43. The van der Waals surface area contributed by atoms with Crippen LogP contribution in [0.4, 0.5) is 4.39 Å². The number of nitrogens with one attached hydrogen (secondary N) is 1. The summed E-state index contributed by atoms with van der Waals surface area (Å²) in [5.74, 6) is -0.386. The summed E-state index contributed by atoms with van der Waals surface area (Å²) < 4.78 is 13.9. The highest BCUT2D eigenvalue weighted by atomic mass is 32.1. The molecule has 1 aromatic carbocycles. The van der Waals surface area contributed by atoms with Crippen molar-refractivity contribution in [3.05, 3.63) is 35.0 Å². The Kier molecular flexibility index (Phi) is 3.24. The van der Waals surface area contributed by atoms with E-state index in [1.807, 2.05) is 0 Å². The monoisotopic (exact) mass is 278 g/mol. The fourth-order valence-electron chi connectivity index (χ4n) is 2.52. The molecule has 0 aliphatic heterocycles. The van der Waals surface area contributed by atoms with E-state index in [4.69, 9.17) is 5.73 Å². The van der Waals surface area contributed by atoms with Crippen LogP contribution in [0.3, 0.4) is 0 Å². The summed E-state index contributed by atoms with van der Waals surface area (Å²) >= 11 is 1.31. The van der Waals surface area contributed by atoms with Crippen LogP contribution < -0.4 is 11.1 Å². The molecule has 1 heterocycles. The van der Waals surface area contributed by atoms with Gasteiger partial charge in [0.15, 0.2) is 0 Å². The van der Waals surface area contributed by atoms with Crippen LogP contribution in [0, 0.1) is 5.82 Å². The van der Waals surface area contributed by atoms with Gasteiger partial charge in [0, 0.05) is 16.8 Å². The lowest BCUT2D eigenvalue weighted by atomic mass is 10.2. The Balaban J connectivity index is 1.81. The first-order chi connectivity index (χ1) is 9.13. The Morgan fingerprint density at radius 2 is 2.21 bits per heavy atom. The quantitative estimate of drug-likeness (QED) is 0.887. The number of carbonyl (C=O) groups is 1. The standard InChI is InChI=1S/C14H15FN2OS/c15-9-5-4-8-6-13(19-12(8)7-9)14(18)17-11-3-1-2-10(11)16/h4-7,10-11H,1-3,16H2,(H,17,18). The SMILES string of the molecule is NC1CCCC1NC(=O)c1cc2ccc(F)cc2s1. The minimum Gasteiger partial charge on any atom is -0.347 e. The molecule has 19 heavy (non-hydrogen) atoms. The maximum atomic E-state index is 13.1. The Hall–Kier alpha value is -1.46. The van der Waals surface area contributed by atoms with E-state index in [0.29, 0.717) is 4.88 Å². The highest BCUT2D eigenvalue weighted by Crippen LogP contribution is 2.27. The molecule has 2 unspecified atom stereocenters. The molecule has 5 heteroatoms. The van der Waals surface area contributed by atoms with Crippen LogP contribution in [-0.2, 0) is 0 Å². The predicted molar refractivity (Wildman–Crippen MR) is 74.9 cm³/mol. The number of hydrogen-bond acceptors (Lipinski definition) is 3. The number of fused-ring (bicyclic) bond motifs is 1. The molecular weight excluding hydrogens is 263 g/mol. The number of thiophene rings is 1. The fourth-order valence-corrected chi connectivity index (χ4v) is 3.52. The lowest BCUT2D eigenvalue weighted by molar-refractivity contribution is 0.0939. The van der Waals surface area contributed by atoms with Crippen molar-refractivity contribution in [2.45, 2.75) is 31.3 Å². The molecule has 1 saturated carbocycles. The largest absolute Gasteiger partial charge is 0.347 e. The minimum absolute atomic E-state index is 0.0516. The van der Waals surface area contributed by atoms with E-state index in [-0.39, 0.29) is 23.8 Å². The van der Waals surface area contributed by atoms with Crippen molar-refractivity contribution in [1.82, 2.24) is 5.32 Å². The zero-order valence-electron chi connectivity index (χ0n) is 10.4. The highest BCUT2D eigenvalue weighted by molar-refractivity contribution is 7.20. The van der Waals surface area contributed by atoms with E-state index in [2.05, 4.69) is 5.32 Å². The number of hydrogen-bond donors (Lipinski definition) is 2. The van der Waals surface area contributed by atoms with Gasteiger partial charge in [-0.1, -0.05) is 6.07 Å². The third kappa shape index (κ3) is 2.48. The normalized spacial score (nSPS) is 22.8. The maximum Gasteiger partial charge on any atom is 0.261 e. The van der Waals surface area contributed by atoms with Gasteiger partial charge in [0.25, 0.3) is 5.91 Å². The number of carbonyl (C=O) groups excluding carboxylic acids is 1. The van der Waals surface area contributed by atoms with Gasteiger partial charge >= 0.3 is 0 Å². The summed E-state index contributed by atoms with van der Waals surface area (Å²) in [7, 11) is 0. The molecule has 100 valence electrons. The van der Waals surface area contributed by atoms with E-state index < -0.39 is 0 Å². The molecule has 2 aromatic rings. The molecule has 2 atom stereocenters. The van der Waals surface area contributed by atoms with Crippen molar-refractivity contribution in [3.63, 3.8) is 0 Å². The average Bonchev–Trinajstić information content (AvgIpc) is 2.96. The van der Waals surface area contributed by atoms with Crippen molar-refractivity contribution in [3.8, 4) is 0 Å². The number of benzene rings is 1. The van der Waals surface area contributed by atoms with Gasteiger partial charge in [0.1, 0.15) is 5.82 Å². The zero-order valence-corrected chi connectivity index (χ0v) is 11.2. The van der Waals surface area contributed by atoms with Crippen molar-refractivity contribution < 1.29 is 9.18 Å². The van der Waals surface area contributed by atoms with Crippen LogP contribution in [0.15, 0.2) is 24.3 Å². The molecule has 0 saturated heterocycles. The second-order valence-electron chi connectivity index (χ2n) is 4.97. The summed E-state index contributed by atoms with van der Waals surface area (Å²) in [6.45, 7) is 0. The zero-order chi connectivity index (χ0) is 13.4. The van der Waals surface area contributed by atoms with Crippen LogP contribution in [0.2, 0.25) is 0 Å². The molecule has 1 fully saturated rings. The van der Waals surface area contributed by atoms with E-state index in [9.17, 15) is 9.18 Å². The average molecular weight is 278 g/mol. The summed E-state index contributed by atoms with van der Waals surface area (Å²) in [5, 5.41) is 3.87. The Bertz CT molecular complexity index is 625. The second kappa shape index (κ2) is 4.90. The molecular formula is C14H15FN2OS. The third-order valence-electron chi connectivity index (χ3n) is 3.59. The molecule has 3 nitrogen and oxygen atoms in total. The van der Waals surface area contributed by atoms with E-state index in [1.165, 1.54) is 23.5 Å². The van der Waals surface area contributed by atoms with Gasteiger partial charge in [-0.05, 0) is 42.8 Å². The van der Waals surface area contributed by atoms with Crippen LogP contribution in [0.1, 0.15) is 28.9 Å². The Morgan fingerprint density at radius 1 is 1.37 bits per heavy atom. The summed E-state index contributed by atoms with van der Waals surface area (Å²) in [6.07, 6.45) is 2.96. The first-order valence-corrected chi connectivity index (χ1v) is 7.21. The van der Waals surface area contributed by atoms with Crippen LogP contribution in [0.25, 0.3) is 10.1 Å². The van der Waals surface area contributed by atoms with Crippen molar-refractivity contribution >= 4 is 27.3 Å². The van der Waals surface area contributed by atoms with Gasteiger partial charge in [-0.15, -0.1) is 11.3 Å². The minimum atomic E-state index is -0.279. The van der Waals surface area contributed by atoms with Gasteiger partial charge in [-0.25, -0.2) is 4.39 Å². The highest BCUT2D eigenvalue weighted by Gasteiger charge is 2.26. The molecule has 1 aromatic heterocycles. The molecule has 3 rings (SSSR count). The number of amides is 1. The van der Waals surface area contributed by atoms with E-state index in [0.717, 1.165) is 29.3 Å². The van der Waals surface area contributed by atoms with Gasteiger partial charge < -0.3 is 11.1 Å². The third-order valence-corrected chi connectivity index (χ3v) is 4.69. The summed E-state index contributed by atoms with van der Waals surface area (Å²) in [6, 6.07) is 6.47. The second-order valence-corrected chi connectivity index (χ2v) is 6.05. The van der Waals surface area contributed by atoms with Gasteiger partial charge in [-0.3, -0.25) is 4.79 Å². The Labute approximate surface area is 114 Å². The first kappa shape index (κ1) is 12.6. The molecule has 0 spiro atoms. The smallest absolute Gasteiger partial charge is 0.261 e. The molecule has 1 aliphatic rings. The lowest BCUT2D eigenvalue weighted by Gasteiger charge is -2.16. The van der Waals surface area contributed by atoms with Crippen LogP contribution in [0.5, 0.6) is 0 Å². The fraction of sp³-hybridized carbons (Fsp3) is 0.357. The van der Waals surface area contributed by atoms with Gasteiger partial charge in [0.05, 0.1) is 4.88 Å². The summed E-state index contributed by atoms with van der Waals surface area (Å²) in [4.78, 5) is 12.8. The maximum absolute atomic E-state index is 13.1. The van der Waals surface area contributed by atoms with Crippen LogP contribution in [-0.4, -0.2) is 18.0 Å². The Morgan fingerprint density at radius 3 is 2.95 bits per heavy atom. The first-order valence-electron chi connectivity index (χ1n) is 6.39. The molecule has 1 amide bonds. The van der Waals surface area contributed by atoms with Crippen molar-refractivity contribution in [1.29, 1.82) is 0 Å². The van der Waals surface area contributed by atoms with Gasteiger partial charge in [0.2, 0.25) is 0 Å². The number of halogens is 1. The van der Waals surface area contributed by atoms with Gasteiger partial charge in [-0.2, -0.15) is 0 Å². The van der Waals surface area contributed by atoms with E-state index >= 15 is 0 Å². The predicted octanol–water partition coefficient (Wildman–Crippen LogP) is 2.65. The molecule has 3 N–H and O–H groups in total.